The highest BCUT2D eigenvalue weighted by molar-refractivity contribution is 5.95. The Morgan fingerprint density at radius 1 is 1.42 bits per heavy atom. The van der Waals surface area contributed by atoms with Gasteiger partial charge in [0, 0.05) is 36.6 Å². The van der Waals surface area contributed by atoms with E-state index < -0.39 is 23.9 Å². The first-order chi connectivity index (χ1) is 11.5. The Hall–Kier alpha value is -3.16. The van der Waals surface area contributed by atoms with Crippen molar-refractivity contribution in [1.82, 2.24) is 20.1 Å². The zero-order valence-corrected chi connectivity index (χ0v) is 12.8. The Balaban J connectivity index is 1.80. The normalized spacial score (nSPS) is 12.2. The molecular weight excluding hydrogens is 315 g/mol. The highest BCUT2D eigenvalue weighted by Gasteiger charge is 2.24. The number of carbonyl (C=O) groups is 2. The Bertz CT molecular complexity index is 896. The molecule has 0 aliphatic heterocycles. The summed E-state index contributed by atoms with van der Waals surface area (Å²) < 4.78 is 14.2. The fourth-order valence-corrected chi connectivity index (χ4v) is 2.51. The van der Waals surface area contributed by atoms with E-state index in [1.165, 1.54) is 7.05 Å². The molecule has 0 fully saturated rings. The first-order valence-electron chi connectivity index (χ1n) is 7.24. The average molecular weight is 330 g/mol. The van der Waals surface area contributed by atoms with Crippen molar-refractivity contribution in [3.05, 3.63) is 53.7 Å². The first-order valence-corrected chi connectivity index (χ1v) is 7.24. The number of para-hydroxylation sites is 1. The number of aromatic amines is 1. The molecule has 0 aliphatic rings. The molecule has 2 aromatic heterocycles. The van der Waals surface area contributed by atoms with E-state index in [9.17, 15) is 19.1 Å². The Morgan fingerprint density at radius 3 is 2.83 bits per heavy atom. The SMILES string of the molecule is Cn1nc(C(=O)NC(Cc2c[nH]c3ccccc23)C(=O)O)cc1F. The maximum atomic E-state index is 13.3. The molecule has 0 radical (unpaired) electrons. The summed E-state index contributed by atoms with van der Waals surface area (Å²) in [5.41, 5.74) is 1.49. The molecule has 2 heterocycles. The van der Waals surface area contributed by atoms with Crippen LogP contribution in [0.25, 0.3) is 10.9 Å². The average Bonchev–Trinajstić information content (AvgIpc) is 3.11. The first kappa shape index (κ1) is 15.7. The fourth-order valence-electron chi connectivity index (χ4n) is 2.51. The van der Waals surface area contributed by atoms with Gasteiger partial charge in [-0.2, -0.15) is 9.49 Å². The lowest BCUT2D eigenvalue weighted by Gasteiger charge is -2.13. The van der Waals surface area contributed by atoms with Crippen LogP contribution in [0.3, 0.4) is 0 Å². The third kappa shape index (κ3) is 2.98. The third-order valence-electron chi connectivity index (χ3n) is 3.76. The molecule has 124 valence electrons. The lowest BCUT2D eigenvalue weighted by Crippen LogP contribution is -2.42. The minimum atomic E-state index is -1.18. The summed E-state index contributed by atoms with van der Waals surface area (Å²) in [6.07, 6.45) is 1.81. The topological polar surface area (TPSA) is 100 Å². The number of nitrogens with one attached hydrogen (secondary N) is 2. The number of aryl methyl sites for hydroxylation is 1. The third-order valence-corrected chi connectivity index (χ3v) is 3.76. The van der Waals surface area contributed by atoms with E-state index in [4.69, 9.17) is 0 Å². The summed E-state index contributed by atoms with van der Waals surface area (Å²) in [5.74, 6) is -2.59. The summed E-state index contributed by atoms with van der Waals surface area (Å²) >= 11 is 0. The predicted octanol–water partition coefficient (Wildman–Crippen LogP) is 1.47. The van der Waals surface area contributed by atoms with Crippen LogP contribution in [-0.4, -0.2) is 37.8 Å². The van der Waals surface area contributed by atoms with Crippen LogP contribution in [0.5, 0.6) is 0 Å². The number of benzene rings is 1. The number of H-pyrrole nitrogens is 1. The van der Waals surface area contributed by atoms with Gasteiger partial charge < -0.3 is 15.4 Å². The Labute approximate surface area is 136 Å². The zero-order valence-electron chi connectivity index (χ0n) is 12.8. The monoisotopic (exact) mass is 330 g/mol. The lowest BCUT2D eigenvalue weighted by atomic mass is 10.0. The number of carbonyl (C=O) groups excluding carboxylic acids is 1. The van der Waals surface area contributed by atoms with Crippen molar-refractivity contribution in [1.29, 1.82) is 0 Å². The largest absolute Gasteiger partial charge is 0.480 e. The van der Waals surface area contributed by atoms with Gasteiger partial charge in [0.05, 0.1) is 0 Å². The lowest BCUT2D eigenvalue weighted by molar-refractivity contribution is -0.139. The molecule has 0 bridgehead atoms. The number of fused-ring (bicyclic) bond motifs is 1. The predicted molar refractivity (Wildman–Crippen MR) is 84.1 cm³/mol. The van der Waals surface area contributed by atoms with Gasteiger partial charge in [-0.05, 0) is 11.6 Å². The summed E-state index contributed by atoms with van der Waals surface area (Å²) in [5, 5.41) is 16.3. The second-order valence-corrected chi connectivity index (χ2v) is 5.40. The number of nitrogens with zero attached hydrogens (tertiary/aromatic N) is 2. The van der Waals surface area contributed by atoms with Crippen LogP contribution in [0, 0.1) is 5.95 Å². The smallest absolute Gasteiger partial charge is 0.326 e. The van der Waals surface area contributed by atoms with E-state index in [-0.39, 0.29) is 12.1 Å². The van der Waals surface area contributed by atoms with E-state index in [2.05, 4.69) is 15.4 Å². The minimum Gasteiger partial charge on any atom is -0.480 e. The van der Waals surface area contributed by atoms with Gasteiger partial charge in [0.25, 0.3) is 5.91 Å². The van der Waals surface area contributed by atoms with Crippen LogP contribution in [-0.2, 0) is 18.3 Å². The van der Waals surface area contributed by atoms with Gasteiger partial charge in [-0.1, -0.05) is 18.2 Å². The molecule has 0 aliphatic carbocycles. The van der Waals surface area contributed by atoms with Gasteiger partial charge in [0.2, 0.25) is 5.95 Å². The second kappa shape index (κ2) is 6.15. The highest BCUT2D eigenvalue weighted by Crippen LogP contribution is 2.19. The van der Waals surface area contributed by atoms with E-state index in [0.717, 1.165) is 27.2 Å². The fraction of sp³-hybridized carbons (Fsp3) is 0.188. The highest BCUT2D eigenvalue weighted by atomic mass is 19.1. The molecule has 1 unspecified atom stereocenters. The Morgan fingerprint density at radius 2 is 2.17 bits per heavy atom. The van der Waals surface area contributed by atoms with Crippen LogP contribution in [0.2, 0.25) is 0 Å². The summed E-state index contributed by atoms with van der Waals surface area (Å²) in [7, 11) is 1.35. The van der Waals surface area contributed by atoms with Gasteiger partial charge in [-0.25, -0.2) is 9.48 Å². The van der Waals surface area contributed by atoms with Gasteiger partial charge in [0.1, 0.15) is 6.04 Å². The van der Waals surface area contributed by atoms with Crippen molar-refractivity contribution in [2.45, 2.75) is 12.5 Å². The Kier molecular flexibility index (Phi) is 4.03. The number of hydrogen-bond donors (Lipinski definition) is 3. The molecular formula is C16H15FN4O3. The van der Waals surface area contributed by atoms with Gasteiger partial charge >= 0.3 is 5.97 Å². The minimum absolute atomic E-state index is 0.0976. The number of aromatic nitrogens is 3. The van der Waals surface area contributed by atoms with Crippen LogP contribution in [0.1, 0.15) is 16.1 Å². The number of carboxylic acids is 1. The number of aliphatic carboxylic acids is 1. The molecule has 3 aromatic rings. The summed E-state index contributed by atoms with van der Waals surface area (Å²) in [4.78, 5) is 26.6. The molecule has 1 amide bonds. The maximum Gasteiger partial charge on any atom is 0.326 e. The molecule has 24 heavy (non-hydrogen) atoms. The van der Waals surface area contributed by atoms with Crippen molar-refractivity contribution < 1.29 is 19.1 Å². The molecule has 1 atom stereocenters. The number of rotatable bonds is 5. The number of amides is 1. The number of halogens is 1. The number of carboxylic acid groups (broad SMARTS) is 1. The van der Waals surface area contributed by atoms with Crippen LogP contribution in [0.15, 0.2) is 36.5 Å². The summed E-state index contributed by atoms with van der Waals surface area (Å²) in [6.45, 7) is 0. The molecule has 3 rings (SSSR count). The van der Waals surface area contributed by atoms with E-state index in [0.29, 0.717) is 0 Å². The quantitative estimate of drug-likeness (QED) is 0.659. The van der Waals surface area contributed by atoms with Crippen LogP contribution < -0.4 is 5.32 Å². The van der Waals surface area contributed by atoms with E-state index in [1.807, 2.05) is 24.3 Å². The molecule has 0 saturated heterocycles. The zero-order chi connectivity index (χ0) is 17.3. The van der Waals surface area contributed by atoms with Crippen molar-refractivity contribution in [3.8, 4) is 0 Å². The van der Waals surface area contributed by atoms with Crippen molar-refractivity contribution >= 4 is 22.8 Å². The number of hydrogen-bond acceptors (Lipinski definition) is 3. The summed E-state index contributed by atoms with van der Waals surface area (Å²) in [6, 6.07) is 7.28. The maximum absolute atomic E-state index is 13.3. The molecule has 8 heteroatoms. The van der Waals surface area contributed by atoms with Crippen molar-refractivity contribution in [2.75, 3.05) is 0 Å². The van der Waals surface area contributed by atoms with E-state index in [1.54, 1.807) is 6.20 Å². The van der Waals surface area contributed by atoms with Gasteiger partial charge in [0.15, 0.2) is 5.69 Å². The second-order valence-electron chi connectivity index (χ2n) is 5.40. The van der Waals surface area contributed by atoms with Gasteiger partial charge in [-0.15, -0.1) is 0 Å². The van der Waals surface area contributed by atoms with Crippen molar-refractivity contribution in [2.24, 2.45) is 7.05 Å². The van der Waals surface area contributed by atoms with E-state index >= 15 is 0 Å². The van der Waals surface area contributed by atoms with Crippen LogP contribution >= 0.6 is 0 Å². The molecule has 1 aromatic carbocycles. The molecule has 3 N–H and O–H groups in total. The van der Waals surface area contributed by atoms with Crippen LogP contribution in [0.4, 0.5) is 4.39 Å². The van der Waals surface area contributed by atoms with Crippen molar-refractivity contribution in [3.63, 3.8) is 0 Å². The standard InChI is InChI=1S/C16H15FN4O3/c1-21-14(17)7-12(20-21)15(22)19-13(16(23)24)6-9-8-18-11-5-3-2-4-10(9)11/h2-5,7-8,13,18H,6H2,1H3,(H,19,22)(H,23,24). The molecule has 0 spiro atoms. The molecule has 0 saturated carbocycles. The van der Waals surface area contributed by atoms with Gasteiger partial charge in [-0.3, -0.25) is 4.79 Å². The molecule has 7 nitrogen and oxygen atoms in total.